The Morgan fingerprint density at radius 1 is 1.37 bits per heavy atom. The molecule has 0 fully saturated rings. The van der Waals surface area contributed by atoms with Gasteiger partial charge in [-0.25, -0.2) is 8.78 Å². The summed E-state index contributed by atoms with van der Waals surface area (Å²) in [6.07, 6.45) is 4.01. The second kappa shape index (κ2) is 5.64. The lowest BCUT2D eigenvalue weighted by atomic mass is 10.4. The van der Waals surface area contributed by atoms with Crippen LogP contribution < -0.4 is 10.1 Å². The fourth-order valence-electron chi connectivity index (χ4n) is 1.56. The number of aryl methyl sites for hydroxylation is 1. The lowest BCUT2D eigenvalue weighted by molar-refractivity contribution is 0.417. The molecular formula is C12H14F2N4O. The maximum absolute atomic E-state index is 13.5. The number of hydrogen-bond donors (Lipinski definition) is 1. The van der Waals surface area contributed by atoms with E-state index in [0.717, 1.165) is 19.0 Å². The maximum atomic E-state index is 13.5. The van der Waals surface area contributed by atoms with Crippen LogP contribution in [0, 0.1) is 11.6 Å². The molecule has 102 valence electrons. The van der Waals surface area contributed by atoms with Gasteiger partial charge in [-0.1, -0.05) is 6.92 Å². The van der Waals surface area contributed by atoms with Crippen LogP contribution >= 0.6 is 0 Å². The average Bonchev–Trinajstić information content (AvgIpc) is 2.81. The van der Waals surface area contributed by atoms with E-state index in [0.29, 0.717) is 5.75 Å². The Labute approximate surface area is 109 Å². The number of anilines is 1. The normalized spacial score (nSPS) is 10.5. The smallest absolute Gasteiger partial charge is 0.258 e. The van der Waals surface area contributed by atoms with Crippen LogP contribution in [0.25, 0.3) is 0 Å². The zero-order valence-corrected chi connectivity index (χ0v) is 10.7. The Morgan fingerprint density at radius 2 is 2.16 bits per heavy atom. The van der Waals surface area contributed by atoms with Crippen LogP contribution in [0.5, 0.6) is 11.6 Å². The molecular weight excluding hydrogens is 254 g/mol. The molecule has 0 saturated heterocycles. The molecule has 0 atom stereocenters. The van der Waals surface area contributed by atoms with Gasteiger partial charge in [0.2, 0.25) is 0 Å². The fourth-order valence-corrected chi connectivity index (χ4v) is 1.56. The maximum Gasteiger partial charge on any atom is 0.258 e. The Kier molecular flexibility index (Phi) is 3.94. The molecule has 2 rings (SSSR count). The van der Waals surface area contributed by atoms with E-state index in [4.69, 9.17) is 4.74 Å². The van der Waals surface area contributed by atoms with Gasteiger partial charge in [0.15, 0.2) is 23.2 Å². The zero-order chi connectivity index (χ0) is 13.8. The van der Waals surface area contributed by atoms with Crippen molar-refractivity contribution in [3.63, 3.8) is 0 Å². The van der Waals surface area contributed by atoms with Gasteiger partial charge < -0.3 is 10.1 Å². The molecule has 2 heterocycles. The molecule has 0 aliphatic carbocycles. The number of halogens is 2. The standard InChI is InChI=1S/C12H14F2N4O/c1-3-4-18-7-8(6-16-18)19-12-10(14)5-9(13)11(15-2)17-12/h5-7H,3-4H2,1-2H3,(H,15,17). The topological polar surface area (TPSA) is 52.0 Å². The molecule has 0 spiro atoms. The number of nitrogens with zero attached hydrogens (tertiary/aromatic N) is 3. The number of rotatable bonds is 5. The van der Waals surface area contributed by atoms with Crippen molar-refractivity contribution in [3.8, 4) is 11.6 Å². The molecule has 0 saturated carbocycles. The average molecular weight is 268 g/mol. The Morgan fingerprint density at radius 3 is 2.84 bits per heavy atom. The van der Waals surface area contributed by atoms with Gasteiger partial charge in [-0.15, -0.1) is 0 Å². The van der Waals surface area contributed by atoms with E-state index in [1.807, 2.05) is 6.92 Å². The van der Waals surface area contributed by atoms with Crippen LogP contribution in [0.2, 0.25) is 0 Å². The molecule has 5 nitrogen and oxygen atoms in total. The molecule has 0 radical (unpaired) electrons. The number of hydrogen-bond acceptors (Lipinski definition) is 4. The minimum Gasteiger partial charge on any atom is -0.433 e. The van der Waals surface area contributed by atoms with Gasteiger partial charge in [-0.3, -0.25) is 4.68 Å². The summed E-state index contributed by atoms with van der Waals surface area (Å²) in [7, 11) is 1.49. The van der Waals surface area contributed by atoms with Crippen molar-refractivity contribution in [3.05, 3.63) is 30.1 Å². The van der Waals surface area contributed by atoms with E-state index in [2.05, 4.69) is 15.4 Å². The first-order valence-corrected chi connectivity index (χ1v) is 5.88. The summed E-state index contributed by atoms with van der Waals surface area (Å²) >= 11 is 0. The molecule has 2 aromatic rings. The van der Waals surface area contributed by atoms with E-state index in [9.17, 15) is 8.78 Å². The first-order chi connectivity index (χ1) is 9.13. The highest BCUT2D eigenvalue weighted by Crippen LogP contribution is 2.25. The van der Waals surface area contributed by atoms with Crippen LogP contribution in [-0.2, 0) is 6.54 Å². The number of nitrogens with one attached hydrogen (secondary N) is 1. The van der Waals surface area contributed by atoms with Gasteiger partial charge in [0.1, 0.15) is 0 Å². The van der Waals surface area contributed by atoms with Crippen molar-refractivity contribution in [1.29, 1.82) is 0 Å². The molecule has 19 heavy (non-hydrogen) atoms. The zero-order valence-electron chi connectivity index (χ0n) is 10.7. The minimum absolute atomic E-state index is 0.0719. The molecule has 0 bridgehead atoms. The van der Waals surface area contributed by atoms with Crippen LogP contribution in [0.1, 0.15) is 13.3 Å². The van der Waals surface area contributed by atoms with Crippen molar-refractivity contribution in [2.24, 2.45) is 0 Å². The predicted octanol–water partition coefficient (Wildman–Crippen LogP) is 2.80. The Balaban J connectivity index is 2.22. The van der Waals surface area contributed by atoms with E-state index in [1.165, 1.54) is 13.2 Å². The van der Waals surface area contributed by atoms with Crippen molar-refractivity contribution in [2.75, 3.05) is 12.4 Å². The lowest BCUT2D eigenvalue weighted by Gasteiger charge is -2.06. The largest absolute Gasteiger partial charge is 0.433 e. The van der Waals surface area contributed by atoms with E-state index in [-0.39, 0.29) is 11.7 Å². The van der Waals surface area contributed by atoms with Gasteiger partial charge in [0, 0.05) is 19.7 Å². The summed E-state index contributed by atoms with van der Waals surface area (Å²) in [5.41, 5.74) is 0. The SMILES string of the molecule is CCCn1cc(Oc2nc(NC)c(F)cc2F)cn1. The third kappa shape index (κ3) is 2.98. The van der Waals surface area contributed by atoms with Gasteiger partial charge in [-0.2, -0.15) is 10.1 Å². The molecule has 0 unspecified atom stereocenters. The molecule has 1 N–H and O–H groups in total. The highest BCUT2D eigenvalue weighted by atomic mass is 19.1. The molecule has 0 amide bonds. The van der Waals surface area contributed by atoms with Gasteiger partial charge >= 0.3 is 0 Å². The molecule has 0 aliphatic rings. The third-order valence-corrected chi connectivity index (χ3v) is 2.41. The fraction of sp³-hybridized carbons (Fsp3) is 0.333. The quantitative estimate of drug-likeness (QED) is 0.906. The summed E-state index contributed by atoms with van der Waals surface area (Å²) in [6.45, 7) is 2.76. The second-order valence-electron chi connectivity index (χ2n) is 3.90. The van der Waals surface area contributed by atoms with Crippen LogP contribution in [0.3, 0.4) is 0 Å². The van der Waals surface area contributed by atoms with E-state index < -0.39 is 11.6 Å². The summed E-state index contributed by atoms with van der Waals surface area (Å²) in [5, 5.41) is 6.56. The van der Waals surface area contributed by atoms with E-state index in [1.54, 1.807) is 10.9 Å². The minimum atomic E-state index is -0.861. The van der Waals surface area contributed by atoms with Crippen molar-refractivity contribution < 1.29 is 13.5 Å². The Bertz CT molecular complexity index is 571. The first kappa shape index (κ1) is 13.3. The van der Waals surface area contributed by atoms with Crippen LogP contribution in [-0.4, -0.2) is 21.8 Å². The molecule has 7 heteroatoms. The third-order valence-electron chi connectivity index (χ3n) is 2.41. The van der Waals surface area contributed by atoms with Gasteiger partial charge in [-0.05, 0) is 6.42 Å². The number of aromatic nitrogens is 3. The molecule has 0 aromatic carbocycles. The number of pyridine rings is 1. The molecule has 0 aliphatic heterocycles. The van der Waals surface area contributed by atoms with Crippen molar-refractivity contribution in [1.82, 2.24) is 14.8 Å². The van der Waals surface area contributed by atoms with Crippen molar-refractivity contribution in [2.45, 2.75) is 19.9 Å². The predicted molar refractivity (Wildman–Crippen MR) is 66.3 cm³/mol. The van der Waals surface area contributed by atoms with Crippen LogP contribution in [0.4, 0.5) is 14.6 Å². The summed E-state index contributed by atoms with van der Waals surface area (Å²) in [4.78, 5) is 3.72. The lowest BCUT2D eigenvalue weighted by Crippen LogP contribution is -2.00. The summed E-state index contributed by atoms with van der Waals surface area (Å²) in [5.74, 6) is -1.64. The second-order valence-corrected chi connectivity index (χ2v) is 3.90. The van der Waals surface area contributed by atoms with Gasteiger partial charge in [0.25, 0.3) is 5.88 Å². The van der Waals surface area contributed by atoms with Crippen LogP contribution in [0.15, 0.2) is 18.5 Å². The van der Waals surface area contributed by atoms with E-state index >= 15 is 0 Å². The van der Waals surface area contributed by atoms with Gasteiger partial charge in [0.05, 0.1) is 12.4 Å². The number of ether oxygens (including phenoxy) is 1. The Hall–Kier alpha value is -2.18. The highest BCUT2D eigenvalue weighted by molar-refractivity contribution is 5.39. The monoisotopic (exact) mass is 268 g/mol. The summed E-state index contributed by atoms with van der Waals surface area (Å²) < 4.78 is 33.7. The highest BCUT2D eigenvalue weighted by Gasteiger charge is 2.13. The van der Waals surface area contributed by atoms with Crippen molar-refractivity contribution >= 4 is 5.82 Å². The molecule has 2 aromatic heterocycles. The first-order valence-electron chi connectivity index (χ1n) is 5.88. The summed E-state index contributed by atoms with van der Waals surface area (Å²) in [6, 6.07) is 0.727.